The number of hydrogen-bond donors (Lipinski definition) is 0. The lowest BCUT2D eigenvalue weighted by Gasteiger charge is -2.16. The van der Waals surface area contributed by atoms with E-state index in [1.54, 1.807) is 30.1 Å². The van der Waals surface area contributed by atoms with E-state index in [1.165, 1.54) is 0 Å². The highest BCUT2D eigenvalue weighted by atomic mass is 16.5. The summed E-state index contributed by atoms with van der Waals surface area (Å²) in [5.41, 5.74) is 0.525. The Morgan fingerprint density at radius 1 is 1.30 bits per heavy atom. The molecule has 1 saturated carbocycles. The van der Waals surface area contributed by atoms with Crippen molar-refractivity contribution in [1.29, 1.82) is 0 Å². The van der Waals surface area contributed by atoms with Crippen LogP contribution in [0, 0.1) is 5.92 Å². The second kappa shape index (κ2) is 5.37. The number of likely N-dealkylation sites (tertiary alicyclic amines) is 1. The molecule has 0 spiro atoms. The minimum atomic E-state index is -0.107. The first-order chi connectivity index (χ1) is 11.2. The molecule has 1 atom stereocenters. The molecule has 0 unspecified atom stereocenters. The van der Waals surface area contributed by atoms with E-state index in [1.807, 2.05) is 11.0 Å². The summed E-state index contributed by atoms with van der Waals surface area (Å²) in [6, 6.07) is 5.83. The van der Waals surface area contributed by atoms with Crippen molar-refractivity contribution in [3.05, 3.63) is 34.9 Å². The van der Waals surface area contributed by atoms with Gasteiger partial charge in [-0.25, -0.2) is 4.98 Å². The van der Waals surface area contributed by atoms with Crippen LogP contribution in [0.5, 0.6) is 5.75 Å². The molecule has 0 bridgehead atoms. The van der Waals surface area contributed by atoms with Crippen molar-refractivity contribution in [1.82, 2.24) is 14.5 Å². The maximum atomic E-state index is 12.7. The molecular formula is C17H19N3O3. The minimum Gasteiger partial charge on any atom is -0.496 e. The summed E-state index contributed by atoms with van der Waals surface area (Å²) in [6.07, 6.45) is 4.33. The van der Waals surface area contributed by atoms with E-state index >= 15 is 0 Å². The number of rotatable bonds is 4. The van der Waals surface area contributed by atoms with Gasteiger partial charge in [0, 0.05) is 31.5 Å². The Morgan fingerprint density at radius 3 is 2.87 bits per heavy atom. The molecule has 6 nitrogen and oxygen atoms in total. The number of nitrogens with zero attached hydrogens (tertiary/aromatic N) is 3. The van der Waals surface area contributed by atoms with Crippen molar-refractivity contribution in [3.8, 4) is 5.75 Å². The molecule has 2 aromatic rings. The summed E-state index contributed by atoms with van der Waals surface area (Å²) >= 11 is 0. The Balaban J connectivity index is 1.63. The number of hydrogen-bond acceptors (Lipinski definition) is 4. The molecule has 1 aliphatic carbocycles. The van der Waals surface area contributed by atoms with Crippen molar-refractivity contribution in [2.75, 3.05) is 13.7 Å². The zero-order valence-electron chi connectivity index (χ0n) is 13.1. The maximum absolute atomic E-state index is 12.7. The van der Waals surface area contributed by atoms with Crippen LogP contribution in [-0.4, -0.2) is 40.1 Å². The fourth-order valence-corrected chi connectivity index (χ4v) is 3.42. The van der Waals surface area contributed by atoms with Crippen LogP contribution in [0.15, 0.2) is 29.3 Å². The van der Waals surface area contributed by atoms with Gasteiger partial charge in [-0.15, -0.1) is 0 Å². The summed E-state index contributed by atoms with van der Waals surface area (Å²) < 4.78 is 6.90. The monoisotopic (exact) mass is 313 g/mol. The van der Waals surface area contributed by atoms with Gasteiger partial charge in [0.25, 0.3) is 5.56 Å². The van der Waals surface area contributed by atoms with Crippen LogP contribution in [-0.2, 0) is 11.3 Å². The fourth-order valence-electron chi connectivity index (χ4n) is 3.42. The average Bonchev–Trinajstić information content (AvgIpc) is 3.33. The molecule has 120 valence electrons. The number of carbonyl (C=O) groups is 1. The zero-order chi connectivity index (χ0) is 16.0. The summed E-state index contributed by atoms with van der Waals surface area (Å²) in [4.78, 5) is 31.1. The Bertz CT molecular complexity index is 825. The highest BCUT2D eigenvalue weighted by molar-refractivity contribution is 5.84. The van der Waals surface area contributed by atoms with Crippen LogP contribution >= 0.6 is 0 Å². The Morgan fingerprint density at radius 2 is 2.13 bits per heavy atom. The number of aromatic nitrogens is 2. The molecule has 2 aliphatic rings. The van der Waals surface area contributed by atoms with E-state index in [-0.39, 0.29) is 17.4 Å². The van der Waals surface area contributed by atoms with E-state index in [4.69, 9.17) is 4.74 Å². The van der Waals surface area contributed by atoms with Gasteiger partial charge in [-0.05, 0) is 25.0 Å². The quantitative estimate of drug-likeness (QED) is 0.856. The second-order valence-corrected chi connectivity index (χ2v) is 6.40. The van der Waals surface area contributed by atoms with Crippen molar-refractivity contribution in [2.24, 2.45) is 5.92 Å². The van der Waals surface area contributed by atoms with Gasteiger partial charge < -0.3 is 9.64 Å². The standard InChI is InChI=1S/C17H19N3O3/c1-23-14-4-2-3-13-16(14)17(22)19(10-18-13)8-11-7-15(21)20(9-11)12-5-6-12/h2-4,10-12H,5-9H2,1H3/t11-/m1/s1. The number of ether oxygens (including phenoxy) is 1. The molecule has 1 aliphatic heterocycles. The van der Waals surface area contributed by atoms with Crippen molar-refractivity contribution < 1.29 is 9.53 Å². The fraction of sp³-hybridized carbons (Fsp3) is 0.471. The second-order valence-electron chi connectivity index (χ2n) is 6.40. The first kappa shape index (κ1) is 14.2. The molecular weight excluding hydrogens is 294 g/mol. The molecule has 0 radical (unpaired) electrons. The predicted octanol–water partition coefficient (Wildman–Crippen LogP) is 1.42. The predicted molar refractivity (Wildman–Crippen MR) is 85.4 cm³/mol. The maximum Gasteiger partial charge on any atom is 0.264 e. The van der Waals surface area contributed by atoms with Crippen molar-refractivity contribution in [2.45, 2.75) is 31.8 Å². The van der Waals surface area contributed by atoms with Crippen molar-refractivity contribution >= 4 is 16.8 Å². The van der Waals surface area contributed by atoms with Gasteiger partial charge in [-0.3, -0.25) is 14.2 Å². The molecule has 23 heavy (non-hydrogen) atoms. The highest BCUT2D eigenvalue weighted by Gasteiger charge is 2.39. The first-order valence-electron chi connectivity index (χ1n) is 7.99. The topological polar surface area (TPSA) is 64.4 Å². The van der Waals surface area contributed by atoms with Gasteiger partial charge in [0.2, 0.25) is 5.91 Å². The van der Waals surface area contributed by atoms with Crippen LogP contribution in [0.2, 0.25) is 0 Å². The average molecular weight is 313 g/mol. The summed E-state index contributed by atoms with van der Waals surface area (Å²) in [7, 11) is 1.55. The zero-order valence-corrected chi connectivity index (χ0v) is 13.1. The van der Waals surface area contributed by atoms with Gasteiger partial charge in [-0.1, -0.05) is 6.07 Å². The highest BCUT2D eigenvalue weighted by Crippen LogP contribution is 2.33. The number of fused-ring (bicyclic) bond motifs is 1. The van der Waals surface area contributed by atoms with Crippen molar-refractivity contribution in [3.63, 3.8) is 0 Å². The Kier molecular flexibility index (Phi) is 3.32. The lowest BCUT2D eigenvalue weighted by molar-refractivity contribution is -0.128. The van der Waals surface area contributed by atoms with Crippen LogP contribution in [0.25, 0.3) is 10.9 Å². The normalized spacial score (nSPS) is 21.2. The van der Waals surface area contributed by atoms with Gasteiger partial charge in [0.1, 0.15) is 11.1 Å². The smallest absolute Gasteiger partial charge is 0.264 e. The van der Waals surface area contributed by atoms with E-state index in [2.05, 4.69) is 4.98 Å². The third kappa shape index (κ3) is 2.48. The molecule has 1 amide bonds. The first-order valence-corrected chi connectivity index (χ1v) is 7.99. The largest absolute Gasteiger partial charge is 0.496 e. The van der Waals surface area contributed by atoms with Gasteiger partial charge in [0.15, 0.2) is 0 Å². The number of amides is 1. The molecule has 1 aromatic heterocycles. The Labute approximate surface area is 133 Å². The SMILES string of the molecule is COc1cccc2ncn(C[C@H]3CC(=O)N(C4CC4)C3)c(=O)c12. The van der Waals surface area contributed by atoms with Crippen LogP contribution < -0.4 is 10.3 Å². The van der Waals surface area contributed by atoms with Gasteiger partial charge in [0.05, 0.1) is 19.0 Å². The minimum absolute atomic E-state index is 0.107. The number of methoxy groups -OCH3 is 1. The molecule has 4 rings (SSSR count). The van der Waals surface area contributed by atoms with E-state index in [9.17, 15) is 9.59 Å². The van der Waals surface area contributed by atoms with E-state index in [0.29, 0.717) is 35.7 Å². The molecule has 2 heterocycles. The molecule has 2 fully saturated rings. The third-order valence-corrected chi connectivity index (χ3v) is 4.72. The number of benzene rings is 1. The molecule has 6 heteroatoms. The molecule has 1 saturated heterocycles. The summed E-state index contributed by atoms with van der Waals surface area (Å²) in [6.45, 7) is 1.27. The van der Waals surface area contributed by atoms with Gasteiger partial charge >= 0.3 is 0 Å². The Hall–Kier alpha value is -2.37. The van der Waals surface area contributed by atoms with E-state index in [0.717, 1.165) is 19.4 Å². The summed E-state index contributed by atoms with van der Waals surface area (Å²) in [5, 5.41) is 0.501. The third-order valence-electron chi connectivity index (χ3n) is 4.72. The van der Waals surface area contributed by atoms with Gasteiger partial charge in [-0.2, -0.15) is 0 Å². The van der Waals surface area contributed by atoms with E-state index < -0.39 is 0 Å². The number of carbonyl (C=O) groups excluding carboxylic acids is 1. The molecule has 1 aromatic carbocycles. The molecule has 0 N–H and O–H groups in total. The summed E-state index contributed by atoms with van der Waals surface area (Å²) in [5.74, 6) is 0.933. The van der Waals surface area contributed by atoms with Crippen LogP contribution in [0.3, 0.4) is 0 Å². The van der Waals surface area contributed by atoms with Crippen LogP contribution in [0.1, 0.15) is 19.3 Å². The lowest BCUT2D eigenvalue weighted by atomic mass is 10.1. The lowest BCUT2D eigenvalue weighted by Crippen LogP contribution is -2.29. The van der Waals surface area contributed by atoms with Crippen LogP contribution in [0.4, 0.5) is 0 Å².